The van der Waals surface area contributed by atoms with Crippen molar-refractivity contribution in [2.45, 2.75) is 38.6 Å². The van der Waals surface area contributed by atoms with Crippen molar-refractivity contribution >= 4 is 0 Å². The van der Waals surface area contributed by atoms with Crippen molar-refractivity contribution in [3.63, 3.8) is 0 Å². The summed E-state index contributed by atoms with van der Waals surface area (Å²) in [5, 5.41) is 4.45. The molecule has 0 aliphatic carbocycles. The molecule has 1 aromatic heterocycles. The summed E-state index contributed by atoms with van der Waals surface area (Å²) in [6.07, 6.45) is 4.32. The van der Waals surface area contributed by atoms with Crippen LogP contribution in [0.1, 0.15) is 37.5 Å². The minimum absolute atomic E-state index is 0.386. The third kappa shape index (κ3) is 1.46. The molecule has 0 radical (unpaired) electrons. The molecule has 13 heavy (non-hydrogen) atoms. The summed E-state index contributed by atoms with van der Waals surface area (Å²) in [7, 11) is 0. The molecular formula is C9H16N4. The van der Waals surface area contributed by atoms with Gasteiger partial charge in [-0.05, 0) is 12.8 Å². The van der Waals surface area contributed by atoms with E-state index in [1.165, 1.54) is 6.42 Å². The van der Waals surface area contributed by atoms with E-state index in [1.807, 2.05) is 4.68 Å². The van der Waals surface area contributed by atoms with Crippen molar-refractivity contribution in [1.82, 2.24) is 14.8 Å². The first-order chi connectivity index (χ1) is 6.35. The number of aromatic nitrogens is 3. The third-order valence-electron chi connectivity index (χ3n) is 2.62. The monoisotopic (exact) mass is 180 g/mol. The zero-order valence-electron chi connectivity index (χ0n) is 8.03. The Kier molecular flexibility index (Phi) is 2.31. The van der Waals surface area contributed by atoms with Gasteiger partial charge in [-0.2, -0.15) is 5.10 Å². The first-order valence-corrected chi connectivity index (χ1v) is 4.99. The fourth-order valence-corrected chi connectivity index (χ4v) is 1.85. The van der Waals surface area contributed by atoms with Gasteiger partial charge in [0.2, 0.25) is 0 Å². The minimum Gasteiger partial charge on any atom is -0.328 e. The minimum atomic E-state index is 0.386. The second kappa shape index (κ2) is 3.46. The van der Waals surface area contributed by atoms with Gasteiger partial charge in [-0.1, -0.05) is 6.92 Å². The van der Waals surface area contributed by atoms with Crippen molar-refractivity contribution in [3.8, 4) is 0 Å². The Morgan fingerprint density at radius 1 is 1.62 bits per heavy atom. The van der Waals surface area contributed by atoms with Crippen molar-refractivity contribution in [2.24, 2.45) is 5.73 Å². The van der Waals surface area contributed by atoms with E-state index in [0.29, 0.717) is 12.6 Å². The van der Waals surface area contributed by atoms with Crippen LogP contribution < -0.4 is 5.73 Å². The van der Waals surface area contributed by atoms with E-state index < -0.39 is 0 Å². The number of nitrogens with two attached hydrogens (primary N) is 1. The smallest absolute Gasteiger partial charge is 0.150 e. The Balaban J connectivity index is 2.32. The van der Waals surface area contributed by atoms with E-state index in [0.717, 1.165) is 30.9 Å². The number of nitrogens with zero attached hydrogens (tertiary/aromatic N) is 3. The van der Waals surface area contributed by atoms with E-state index in [2.05, 4.69) is 17.0 Å². The number of hydrogen-bond donors (Lipinski definition) is 1. The lowest BCUT2D eigenvalue weighted by atomic mass is 10.1. The van der Waals surface area contributed by atoms with Gasteiger partial charge in [0.1, 0.15) is 5.82 Å². The maximum absolute atomic E-state index is 5.68. The van der Waals surface area contributed by atoms with Crippen LogP contribution in [-0.4, -0.2) is 21.3 Å². The fraction of sp³-hybridized carbons (Fsp3) is 0.778. The molecule has 1 aromatic rings. The predicted molar refractivity (Wildman–Crippen MR) is 50.4 cm³/mol. The fourth-order valence-electron chi connectivity index (χ4n) is 1.85. The lowest BCUT2D eigenvalue weighted by Gasteiger charge is -2.21. The van der Waals surface area contributed by atoms with Crippen LogP contribution in [0.25, 0.3) is 0 Å². The van der Waals surface area contributed by atoms with Gasteiger partial charge in [0, 0.05) is 19.4 Å². The van der Waals surface area contributed by atoms with Gasteiger partial charge in [0.15, 0.2) is 5.82 Å². The van der Waals surface area contributed by atoms with Gasteiger partial charge in [-0.15, -0.1) is 0 Å². The highest BCUT2D eigenvalue weighted by Gasteiger charge is 2.21. The average Bonchev–Trinajstić information content (AvgIpc) is 2.59. The van der Waals surface area contributed by atoms with Gasteiger partial charge in [0.05, 0.1) is 6.04 Å². The van der Waals surface area contributed by atoms with Crippen LogP contribution in [0.3, 0.4) is 0 Å². The van der Waals surface area contributed by atoms with E-state index >= 15 is 0 Å². The van der Waals surface area contributed by atoms with Crippen LogP contribution in [0.5, 0.6) is 0 Å². The first-order valence-electron chi connectivity index (χ1n) is 4.99. The molecule has 2 rings (SSSR count). The molecule has 2 heterocycles. The highest BCUT2D eigenvalue weighted by atomic mass is 15.4. The summed E-state index contributed by atoms with van der Waals surface area (Å²) in [6.45, 7) is 2.76. The van der Waals surface area contributed by atoms with Crippen LogP contribution in [0.2, 0.25) is 0 Å². The molecule has 0 amide bonds. The van der Waals surface area contributed by atoms with Crippen LogP contribution in [-0.2, 0) is 12.8 Å². The first kappa shape index (κ1) is 8.69. The molecule has 0 bridgehead atoms. The SMILES string of the molecule is CCc1nc2n(n1)C(CN)CCC2. The van der Waals surface area contributed by atoms with E-state index in [9.17, 15) is 0 Å². The van der Waals surface area contributed by atoms with Crippen molar-refractivity contribution < 1.29 is 0 Å². The zero-order chi connectivity index (χ0) is 9.26. The molecule has 0 spiro atoms. The highest BCUT2D eigenvalue weighted by Crippen LogP contribution is 2.21. The second-order valence-corrected chi connectivity index (χ2v) is 3.52. The molecular weight excluding hydrogens is 164 g/mol. The molecule has 0 saturated heterocycles. The Bertz CT molecular complexity index is 292. The Morgan fingerprint density at radius 3 is 3.15 bits per heavy atom. The highest BCUT2D eigenvalue weighted by molar-refractivity contribution is 4.98. The lowest BCUT2D eigenvalue weighted by Crippen LogP contribution is -2.25. The summed E-state index contributed by atoms with van der Waals surface area (Å²) in [4.78, 5) is 4.46. The van der Waals surface area contributed by atoms with Gasteiger partial charge in [-0.3, -0.25) is 0 Å². The molecule has 4 heteroatoms. The zero-order valence-corrected chi connectivity index (χ0v) is 8.03. The quantitative estimate of drug-likeness (QED) is 0.728. The molecule has 4 nitrogen and oxygen atoms in total. The van der Waals surface area contributed by atoms with Gasteiger partial charge in [0.25, 0.3) is 0 Å². The summed E-state index contributed by atoms with van der Waals surface area (Å²) < 4.78 is 2.03. The van der Waals surface area contributed by atoms with Gasteiger partial charge >= 0.3 is 0 Å². The van der Waals surface area contributed by atoms with Crippen molar-refractivity contribution in [1.29, 1.82) is 0 Å². The summed E-state index contributed by atoms with van der Waals surface area (Å²) in [6, 6.07) is 0.386. The Hall–Kier alpha value is -0.900. The van der Waals surface area contributed by atoms with Crippen LogP contribution in [0.15, 0.2) is 0 Å². The lowest BCUT2D eigenvalue weighted by molar-refractivity contribution is 0.368. The normalized spacial score (nSPS) is 21.5. The molecule has 1 atom stereocenters. The average molecular weight is 180 g/mol. The van der Waals surface area contributed by atoms with Gasteiger partial charge in [-0.25, -0.2) is 9.67 Å². The van der Waals surface area contributed by atoms with E-state index in [4.69, 9.17) is 5.73 Å². The number of rotatable bonds is 2. The molecule has 0 saturated carbocycles. The van der Waals surface area contributed by atoms with Crippen LogP contribution in [0.4, 0.5) is 0 Å². The maximum Gasteiger partial charge on any atom is 0.150 e. The molecule has 72 valence electrons. The number of aryl methyl sites for hydroxylation is 2. The Labute approximate surface area is 78.1 Å². The summed E-state index contributed by atoms with van der Waals surface area (Å²) >= 11 is 0. The largest absolute Gasteiger partial charge is 0.328 e. The Morgan fingerprint density at radius 2 is 2.46 bits per heavy atom. The predicted octanol–water partition coefficient (Wildman–Crippen LogP) is 0.677. The second-order valence-electron chi connectivity index (χ2n) is 3.52. The summed E-state index contributed by atoms with van der Waals surface area (Å²) in [5.74, 6) is 2.08. The van der Waals surface area contributed by atoms with Gasteiger partial charge < -0.3 is 5.73 Å². The molecule has 1 aliphatic heterocycles. The maximum atomic E-state index is 5.68. The van der Waals surface area contributed by atoms with Crippen LogP contribution >= 0.6 is 0 Å². The number of fused-ring (bicyclic) bond motifs is 1. The summed E-state index contributed by atoms with van der Waals surface area (Å²) in [5.41, 5.74) is 5.68. The standard InChI is InChI=1S/C9H16N4/c1-2-8-11-9-5-3-4-7(6-10)13(9)12-8/h7H,2-6,10H2,1H3. The van der Waals surface area contributed by atoms with E-state index in [1.54, 1.807) is 0 Å². The topological polar surface area (TPSA) is 56.7 Å². The third-order valence-corrected chi connectivity index (χ3v) is 2.62. The molecule has 1 unspecified atom stereocenters. The molecule has 1 aliphatic rings. The molecule has 2 N–H and O–H groups in total. The van der Waals surface area contributed by atoms with E-state index in [-0.39, 0.29) is 0 Å². The molecule has 0 fully saturated rings. The molecule has 0 aromatic carbocycles. The van der Waals surface area contributed by atoms with Crippen molar-refractivity contribution in [3.05, 3.63) is 11.6 Å². The van der Waals surface area contributed by atoms with Crippen molar-refractivity contribution in [2.75, 3.05) is 6.54 Å². The number of hydrogen-bond acceptors (Lipinski definition) is 3. The van der Waals surface area contributed by atoms with Crippen LogP contribution in [0, 0.1) is 0 Å².